The summed E-state index contributed by atoms with van der Waals surface area (Å²) < 4.78 is 30.8. The highest BCUT2D eigenvalue weighted by atomic mass is 19.3. The molecule has 0 aromatic rings. The predicted octanol–water partition coefficient (Wildman–Crippen LogP) is 2.23. The van der Waals surface area contributed by atoms with E-state index in [4.69, 9.17) is 4.74 Å². The van der Waals surface area contributed by atoms with Crippen LogP contribution in [0.4, 0.5) is 8.78 Å². The Hall–Kier alpha value is -0.670. The molecule has 0 radical (unpaired) electrons. The summed E-state index contributed by atoms with van der Waals surface area (Å²) in [6.45, 7) is 2.06. The molecule has 2 saturated carbocycles. The van der Waals surface area contributed by atoms with Crippen LogP contribution in [0.5, 0.6) is 0 Å². The molecule has 2 fully saturated rings. The third kappa shape index (κ3) is 1.41. The molecule has 0 amide bonds. The summed E-state index contributed by atoms with van der Waals surface area (Å²) in [5.74, 6) is -4.08. The summed E-state index contributed by atoms with van der Waals surface area (Å²) in [6, 6.07) is 0. The van der Waals surface area contributed by atoms with Crippen LogP contribution in [0.2, 0.25) is 0 Å². The quantitative estimate of drug-likeness (QED) is 0.645. The van der Waals surface area contributed by atoms with Crippen molar-refractivity contribution in [1.29, 1.82) is 0 Å². The Morgan fingerprint density at radius 1 is 1.43 bits per heavy atom. The molecule has 14 heavy (non-hydrogen) atoms. The molecule has 2 aliphatic rings. The second-order valence-corrected chi connectivity index (χ2v) is 4.15. The minimum atomic E-state index is -2.50. The first-order chi connectivity index (χ1) is 6.57. The molecule has 80 valence electrons. The van der Waals surface area contributed by atoms with Crippen molar-refractivity contribution < 1.29 is 18.3 Å². The Morgan fingerprint density at radius 3 is 2.71 bits per heavy atom. The van der Waals surface area contributed by atoms with Crippen molar-refractivity contribution in [2.75, 3.05) is 6.61 Å². The van der Waals surface area contributed by atoms with Crippen molar-refractivity contribution in [1.82, 2.24) is 0 Å². The van der Waals surface area contributed by atoms with Crippen LogP contribution in [-0.2, 0) is 9.53 Å². The maximum Gasteiger partial charge on any atom is 0.308 e. The lowest BCUT2D eigenvalue weighted by Gasteiger charge is -2.17. The van der Waals surface area contributed by atoms with Gasteiger partial charge in [0.05, 0.1) is 12.5 Å². The predicted molar refractivity (Wildman–Crippen MR) is 45.9 cm³/mol. The highest BCUT2D eigenvalue weighted by Gasteiger charge is 2.69. The fraction of sp³-hybridized carbons (Fsp3) is 0.900. The van der Waals surface area contributed by atoms with Gasteiger partial charge in [0.15, 0.2) is 0 Å². The summed E-state index contributed by atoms with van der Waals surface area (Å²) in [5.41, 5.74) is 0. The van der Waals surface area contributed by atoms with Crippen molar-refractivity contribution in [3.8, 4) is 0 Å². The van der Waals surface area contributed by atoms with E-state index in [1.807, 2.05) is 0 Å². The lowest BCUT2D eigenvalue weighted by Crippen LogP contribution is -2.21. The number of fused-ring (bicyclic) bond motifs is 1. The molecule has 0 aromatic heterocycles. The fourth-order valence-electron chi connectivity index (χ4n) is 2.45. The zero-order valence-electron chi connectivity index (χ0n) is 8.13. The Morgan fingerprint density at radius 2 is 2.14 bits per heavy atom. The molecular weight excluding hydrogens is 190 g/mol. The minimum Gasteiger partial charge on any atom is -0.466 e. The molecule has 2 nitrogen and oxygen atoms in total. The number of hydrogen-bond acceptors (Lipinski definition) is 2. The number of esters is 1. The molecule has 2 rings (SSSR count). The maximum absolute atomic E-state index is 13.0. The van der Waals surface area contributed by atoms with E-state index in [1.165, 1.54) is 0 Å². The second kappa shape index (κ2) is 3.17. The molecule has 4 heteroatoms. The average molecular weight is 204 g/mol. The molecular formula is C10H14F2O2. The summed E-state index contributed by atoms with van der Waals surface area (Å²) in [7, 11) is 0. The Balaban J connectivity index is 1.91. The van der Waals surface area contributed by atoms with Crippen LogP contribution in [0.1, 0.15) is 26.2 Å². The molecule has 0 heterocycles. The third-order valence-electron chi connectivity index (χ3n) is 3.35. The van der Waals surface area contributed by atoms with E-state index < -0.39 is 17.8 Å². The maximum atomic E-state index is 13.0. The normalized spacial score (nSPS) is 38.6. The zero-order valence-corrected chi connectivity index (χ0v) is 8.13. The van der Waals surface area contributed by atoms with Crippen LogP contribution < -0.4 is 0 Å². The smallest absolute Gasteiger partial charge is 0.308 e. The van der Waals surface area contributed by atoms with Gasteiger partial charge in [-0.15, -0.1) is 0 Å². The van der Waals surface area contributed by atoms with E-state index in [2.05, 4.69) is 0 Å². The number of hydrogen-bond donors (Lipinski definition) is 0. The number of halogens is 2. The minimum absolute atomic E-state index is 0.287. The second-order valence-electron chi connectivity index (χ2n) is 4.15. The first-order valence-corrected chi connectivity index (χ1v) is 5.11. The van der Waals surface area contributed by atoms with Gasteiger partial charge < -0.3 is 4.74 Å². The van der Waals surface area contributed by atoms with E-state index in [0.717, 1.165) is 0 Å². The number of alkyl halides is 2. The highest BCUT2D eigenvalue weighted by Crippen LogP contribution is 2.63. The van der Waals surface area contributed by atoms with Crippen molar-refractivity contribution >= 4 is 5.97 Å². The van der Waals surface area contributed by atoms with E-state index >= 15 is 0 Å². The van der Waals surface area contributed by atoms with Crippen LogP contribution in [0.3, 0.4) is 0 Å². The van der Waals surface area contributed by atoms with Crippen LogP contribution in [-0.4, -0.2) is 18.5 Å². The van der Waals surface area contributed by atoms with E-state index in [0.29, 0.717) is 25.9 Å². The molecule has 0 spiro atoms. The van der Waals surface area contributed by atoms with Gasteiger partial charge in [0, 0.05) is 11.8 Å². The Labute approximate surface area is 81.6 Å². The molecule has 0 bridgehead atoms. The standard InChI is InChI=1S/C10H14F2O2/c1-2-14-9(13)6-3-4-7-8(5-6)10(7,11)12/h6-8H,2-5H2,1H3. The number of ether oxygens (including phenoxy) is 1. The first-order valence-electron chi connectivity index (χ1n) is 5.11. The van der Waals surface area contributed by atoms with E-state index in [1.54, 1.807) is 6.92 Å². The van der Waals surface area contributed by atoms with Gasteiger partial charge in [0.25, 0.3) is 5.92 Å². The SMILES string of the molecule is CCOC(=O)C1CCC2C(C1)C2(F)F. The molecule has 0 N–H and O–H groups in total. The van der Waals surface area contributed by atoms with Crippen molar-refractivity contribution in [2.24, 2.45) is 17.8 Å². The van der Waals surface area contributed by atoms with Crippen molar-refractivity contribution in [3.05, 3.63) is 0 Å². The Kier molecular flexibility index (Phi) is 2.24. The van der Waals surface area contributed by atoms with Gasteiger partial charge in [-0.2, -0.15) is 0 Å². The molecule has 0 aliphatic heterocycles. The summed E-state index contributed by atoms with van der Waals surface area (Å²) >= 11 is 0. The number of carbonyl (C=O) groups excluding carboxylic acids is 1. The van der Waals surface area contributed by atoms with Crippen molar-refractivity contribution in [2.45, 2.75) is 32.1 Å². The monoisotopic (exact) mass is 204 g/mol. The molecule has 3 atom stereocenters. The first kappa shape index (κ1) is 9.87. The molecule has 0 saturated heterocycles. The van der Waals surface area contributed by atoms with Crippen LogP contribution >= 0.6 is 0 Å². The van der Waals surface area contributed by atoms with Crippen molar-refractivity contribution in [3.63, 3.8) is 0 Å². The van der Waals surface area contributed by atoms with E-state index in [9.17, 15) is 13.6 Å². The molecule has 2 aliphatic carbocycles. The molecule has 3 unspecified atom stereocenters. The van der Waals surface area contributed by atoms with Crippen LogP contribution in [0, 0.1) is 17.8 Å². The average Bonchev–Trinajstić information content (AvgIpc) is 2.70. The van der Waals surface area contributed by atoms with Gasteiger partial charge in [-0.3, -0.25) is 4.79 Å². The topological polar surface area (TPSA) is 26.3 Å². The highest BCUT2D eigenvalue weighted by molar-refractivity contribution is 5.72. The lowest BCUT2D eigenvalue weighted by atomic mass is 9.89. The van der Waals surface area contributed by atoms with E-state index in [-0.39, 0.29) is 11.9 Å². The van der Waals surface area contributed by atoms with Gasteiger partial charge in [-0.25, -0.2) is 8.78 Å². The summed E-state index contributed by atoms with van der Waals surface area (Å²) in [5, 5.41) is 0. The summed E-state index contributed by atoms with van der Waals surface area (Å²) in [4.78, 5) is 11.3. The van der Waals surface area contributed by atoms with Gasteiger partial charge in [-0.05, 0) is 26.2 Å². The van der Waals surface area contributed by atoms with Crippen LogP contribution in [0.25, 0.3) is 0 Å². The number of rotatable bonds is 2. The summed E-state index contributed by atoms with van der Waals surface area (Å²) in [6.07, 6.45) is 1.35. The Bertz CT molecular complexity index is 253. The fourth-order valence-corrected chi connectivity index (χ4v) is 2.45. The van der Waals surface area contributed by atoms with Gasteiger partial charge in [0.2, 0.25) is 0 Å². The van der Waals surface area contributed by atoms with Gasteiger partial charge in [0.1, 0.15) is 0 Å². The van der Waals surface area contributed by atoms with Gasteiger partial charge >= 0.3 is 5.97 Å². The third-order valence-corrected chi connectivity index (χ3v) is 3.35. The number of carbonyl (C=O) groups is 1. The molecule has 0 aromatic carbocycles. The largest absolute Gasteiger partial charge is 0.466 e. The van der Waals surface area contributed by atoms with Crippen LogP contribution in [0.15, 0.2) is 0 Å². The zero-order chi connectivity index (χ0) is 10.3. The lowest BCUT2D eigenvalue weighted by molar-refractivity contribution is -0.149. The van der Waals surface area contributed by atoms with Gasteiger partial charge in [-0.1, -0.05) is 0 Å².